The van der Waals surface area contributed by atoms with Gasteiger partial charge in [0.2, 0.25) is 0 Å². The van der Waals surface area contributed by atoms with Gasteiger partial charge in [-0.15, -0.1) is 0 Å². The second-order valence-electron chi connectivity index (χ2n) is 3.39. The summed E-state index contributed by atoms with van der Waals surface area (Å²) in [7, 11) is 4.83. The van der Waals surface area contributed by atoms with Crippen molar-refractivity contribution in [1.29, 1.82) is 0 Å². The van der Waals surface area contributed by atoms with Gasteiger partial charge in [0, 0.05) is 28.4 Å². The molecule has 0 aliphatic carbocycles. The third kappa shape index (κ3) is 3.91. The molecule has 0 aromatic rings. The summed E-state index contributed by atoms with van der Waals surface area (Å²) in [6, 6.07) is 0. The lowest BCUT2D eigenvalue weighted by molar-refractivity contribution is -0.186. The monoisotopic (exact) mass is 266 g/mol. The first kappa shape index (κ1) is 16.8. The molecule has 0 saturated carbocycles. The molecule has 0 heterocycles. The van der Waals surface area contributed by atoms with Gasteiger partial charge in [-0.05, 0) is 0 Å². The molecule has 0 aromatic heterocycles. The van der Waals surface area contributed by atoms with Gasteiger partial charge >= 0.3 is 11.9 Å². The molecule has 8 nitrogen and oxygen atoms in total. The Morgan fingerprint density at radius 3 is 1.11 bits per heavy atom. The predicted molar refractivity (Wildman–Crippen MR) is 58.5 cm³/mol. The van der Waals surface area contributed by atoms with E-state index in [4.69, 9.17) is 29.2 Å². The zero-order valence-electron chi connectivity index (χ0n) is 10.7. The topological polar surface area (TPSA) is 112 Å². The van der Waals surface area contributed by atoms with E-state index < -0.39 is 36.4 Å². The zero-order chi connectivity index (χ0) is 14.3. The maximum absolute atomic E-state index is 11.0. The van der Waals surface area contributed by atoms with E-state index in [0.717, 1.165) is 0 Å². The van der Waals surface area contributed by atoms with Crippen LogP contribution in [0.15, 0.2) is 0 Å². The highest BCUT2D eigenvalue weighted by Crippen LogP contribution is 2.16. The van der Waals surface area contributed by atoms with Crippen LogP contribution in [-0.4, -0.2) is 75.0 Å². The maximum atomic E-state index is 11.0. The van der Waals surface area contributed by atoms with E-state index in [2.05, 4.69) is 0 Å². The van der Waals surface area contributed by atoms with Crippen molar-refractivity contribution in [2.45, 2.75) is 24.4 Å². The van der Waals surface area contributed by atoms with Crippen molar-refractivity contribution < 1.29 is 38.7 Å². The number of rotatable bonds is 9. The highest BCUT2D eigenvalue weighted by Gasteiger charge is 2.42. The van der Waals surface area contributed by atoms with E-state index in [1.165, 1.54) is 28.4 Å². The summed E-state index contributed by atoms with van der Waals surface area (Å²) >= 11 is 0. The summed E-state index contributed by atoms with van der Waals surface area (Å²) in [5.74, 6) is -2.57. The number of carboxylic acids is 2. The van der Waals surface area contributed by atoms with Crippen LogP contribution in [0.25, 0.3) is 0 Å². The average molecular weight is 266 g/mol. The molecule has 0 aliphatic heterocycles. The van der Waals surface area contributed by atoms with Crippen LogP contribution in [0.4, 0.5) is 0 Å². The van der Waals surface area contributed by atoms with Crippen molar-refractivity contribution in [3.8, 4) is 0 Å². The Labute approximate surface area is 104 Å². The van der Waals surface area contributed by atoms with E-state index >= 15 is 0 Å². The van der Waals surface area contributed by atoms with Crippen LogP contribution in [0.1, 0.15) is 0 Å². The van der Waals surface area contributed by atoms with Crippen LogP contribution < -0.4 is 0 Å². The Bertz CT molecular complexity index is 251. The standard InChI is InChI=1S/C10H18O8/c1-15-5(7(17-3)9(11)12)6(16-2)8(18-4)10(13)14/h5-8H,1-4H3,(H,11,12)(H,13,14)/t5-,6-,7-,8-/m0/s1. The molecular formula is C10H18O8. The molecule has 0 amide bonds. The maximum Gasteiger partial charge on any atom is 0.335 e. The number of carbonyl (C=O) groups is 2. The molecule has 0 bridgehead atoms. The fraction of sp³-hybridized carbons (Fsp3) is 0.800. The number of ether oxygens (including phenoxy) is 4. The summed E-state index contributed by atoms with van der Waals surface area (Å²) in [4.78, 5) is 22.0. The van der Waals surface area contributed by atoms with Gasteiger partial charge in [0.05, 0.1) is 0 Å². The number of carboxylic acid groups (broad SMARTS) is 2. The second-order valence-corrected chi connectivity index (χ2v) is 3.39. The first-order valence-corrected chi connectivity index (χ1v) is 5.01. The Kier molecular flexibility index (Phi) is 7.44. The lowest BCUT2D eigenvalue weighted by atomic mass is 10.0. The fourth-order valence-corrected chi connectivity index (χ4v) is 1.61. The van der Waals surface area contributed by atoms with Crippen molar-refractivity contribution in [3.63, 3.8) is 0 Å². The Hall–Kier alpha value is -1.22. The van der Waals surface area contributed by atoms with Crippen LogP contribution in [0.5, 0.6) is 0 Å². The Morgan fingerprint density at radius 1 is 0.722 bits per heavy atom. The van der Waals surface area contributed by atoms with Crippen LogP contribution >= 0.6 is 0 Å². The van der Waals surface area contributed by atoms with Gasteiger partial charge in [0.15, 0.2) is 12.2 Å². The van der Waals surface area contributed by atoms with E-state index in [1.807, 2.05) is 0 Å². The van der Waals surface area contributed by atoms with Gasteiger partial charge in [-0.25, -0.2) is 9.59 Å². The van der Waals surface area contributed by atoms with Crippen molar-refractivity contribution in [2.24, 2.45) is 0 Å². The summed E-state index contributed by atoms with van der Waals surface area (Å²) in [6.07, 6.45) is -4.98. The molecule has 0 rings (SSSR count). The summed E-state index contributed by atoms with van der Waals surface area (Å²) in [6.45, 7) is 0. The van der Waals surface area contributed by atoms with Gasteiger partial charge in [-0.3, -0.25) is 0 Å². The molecule has 0 spiro atoms. The average Bonchev–Trinajstić information content (AvgIpc) is 2.32. The molecule has 106 valence electrons. The SMILES string of the molecule is CO[C@@H]([C@H](OC)[C@H](OC)C(=O)O)[C@H](OC)C(=O)O. The minimum absolute atomic E-state index is 1.13. The lowest BCUT2D eigenvalue weighted by Crippen LogP contribution is -2.53. The number of methoxy groups -OCH3 is 4. The molecule has 0 aliphatic rings. The minimum atomic E-state index is -1.36. The first-order chi connectivity index (χ1) is 8.44. The van der Waals surface area contributed by atoms with E-state index in [1.54, 1.807) is 0 Å². The highest BCUT2D eigenvalue weighted by atomic mass is 16.6. The van der Waals surface area contributed by atoms with Crippen molar-refractivity contribution in [2.75, 3.05) is 28.4 Å². The molecule has 0 radical (unpaired) electrons. The Morgan fingerprint density at radius 2 is 1.00 bits per heavy atom. The first-order valence-electron chi connectivity index (χ1n) is 5.01. The van der Waals surface area contributed by atoms with Gasteiger partial charge in [0.25, 0.3) is 0 Å². The zero-order valence-corrected chi connectivity index (χ0v) is 10.7. The summed E-state index contributed by atoms with van der Waals surface area (Å²) in [5, 5.41) is 17.9. The quantitative estimate of drug-likeness (QED) is 0.558. The third-order valence-electron chi connectivity index (χ3n) is 2.46. The predicted octanol–water partition coefficient (Wildman–Crippen LogP) is -0.784. The van der Waals surface area contributed by atoms with E-state index in [-0.39, 0.29) is 0 Å². The third-order valence-corrected chi connectivity index (χ3v) is 2.46. The molecular weight excluding hydrogens is 248 g/mol. The largest absolute Gasteiger partial charge is 0.479 e. The smallest absolute Gasteiger partial charge is 0.335 e. The van der Waals surface area contributed by atoms with Gasteiger partial charge in [0.1, 0.15) is 12.2 Å². The summed E-state index contributed by atoms with van der Waals surface area (Å²) < 4.78 is 19.5. The lowest BCUT2D eigenvalue weighted by Gasteiger charge is -2.31. The molecule has 0 fully saturated rings. The van der Waals surface area contributed by atoms with Crippen molar-refractivity contribution >= 4 is 11.9 Å². The molecule has 0 unspecified atom stereocenters. The van der Waals surface area contributed by atoms with Gasteiger partial charge in [-0.1, -0.05) is 0 Å². The molecule has 0 aromatic carbocycles. The van der Waals surface area contributed by atoms with Crippen molar-refractivity contribution in [3.05, 3.63) is 0 Å². The molecule has 0 saturated heterocycles. The number of aliphatic carboxylic acids is 2. The van der Waals surface area contributed by atoms with Crippen molar-refractivity contribution in [1.82, 2.24) is 0 Å². The summed E-state index contributed by atoms with van der Waals surface area (Å²) in [5.41, 5.74) is 0. The Balaban J connectivity index is 5.18. The van der Waals surface area contributed by atoms with E-state index in [9.17, 15) is 9.59 Å². The number of hydrogen-bond acceptors (Lipinski definition) is 6. The second kappa shape index (κ2) is 7.98. The highest BCUT2D eigenvalue weighted by molar-refractivity contribution is 5.75. The van der Waals surface area contributed by atoms with Crippen LogP contribution in [-0.2, 0) is 28.5 Å². The van der Waals surface area contributed by atoms with Crippen LogP contribution in [0.3, 0.4) is 0 Å². The molecule has 4 atom stereocenters. The fourth-order valence-electron chi connectivity index (χ4n) is 1.61. The van der Waals surface area contributed by atoms with E-state index in [0.29, 0.717) is 0 Å². The molecule has 8 heteroatoms. The van der Waals surface area contributed by atoms with Crippen LogP contribution in [0, 0.1) is 0 Å². The van der Waals surface area contributed by atoms with Gasteiger partial charge in [-0.2, -0.15) is 0 Å². The normalized spacial score (nSPS) is 17.8. The number of hydrogen-bond donors (Lipinski definition) is 2. The minimum Gasteiger partial charge on any atom is -0.479 e. The van der Waals surface area contributed by atoms with Gasteiger partial charge < -0.3 is 29.2 Å². The molecule has 2 N–H and O–H groups in total. The molecule has 18 heavy (non-hydrogen) atoms. The van der Waals surface area contributed by atoms with Crippen LogP contribution in [0.2, 0.25) is 0 Å².